The molecule has 23 heavy (non-hydrogen) atoms. The van der Waals surface area contributed by atoms with Crippen molar-refractivity contribution in [2.75, 3.05) is 6.61 Å². The summed E-state index contributed by atoms with van der Waals surface area (Å²) in [6.07, 6.45) is -2.37. The maximum atomic E-state index is 11.4. The minimum atomic E-state index is -0.819. The smallest absolute Gasteiger partial charge is 0.303 e. The predicted octanol–water partition coefficient (Wildman–Crippen LogP) is 1.47. The summed E-state index contributed by atoms with van der Waals surface area (Å²) in [6.45, 7) is 9.65. The Bertz CT molecular complexity index is 446. The molecule has 132 valence electrons. The summed E-state index contributed by atoms with van der Waals surface area (Å²) in [6, 6.07) is 0. The molecule has 1 fully saturated rings. The summed E-state index contributed by atoms with van der Waals surface area (Å²) in [5.74, 6) is -1.45. The van der Waals surface area contributed by atoms with E-state index < -0.39 is 36.2 Å². The van der Waals surface area contributed by atoms with Crippen molar-refractivity contribution in [3.8, 4) is 0 Å². The van der Waals surface area contributed by atoms with E-state index in [1.165, 1.54) is 20.8 Å². The number of carbonyl (C=O) groups excluding carboxylic acids is 3. The van der Waals surface area contributed by atoms with Crippen molar-refractivity contribution in [2.45, 2.75) is 66.0 Å². The van der Waals surface area contributed by atoms with Crippen LogP contribution < -0.4 is 0 Å². The molecule has 1 aliphatic rings. The fourth-order valence-corrected chi connectivity index (χ4v) is 2.90. The topological polar surface area (TPSA) is 88.1 Å². The van der Waals surface area contributed by atoms with Gasteiger partial charge in [-0.15, -0.1) is 0 Å². The Morgan fingerprint density at radius 2 is 1.48 bits per heavy atom. The summed E-state index contributed by atoms with van der Waals surface area (Å²) in [7, 11) is 0. The number of hydrogen-bond acceptors (Lipinski definition) is 7. The van der Waals surface area contributed by atoms with Crippen LogP contribution in [0.5, 0.6) is 0 Å². The summed E-state index contributed by atoms with van der Waals surface area (Å²) < 4.78 is 21.7. The van der Waals surface area contributed by atoms with Crippen LogP contribution in [0.3, 0.4) is 0 Å². The van der Waals surface area contributed by atoms with Gasteiger partial charge in [-0.2, -0.15) is 0 Å². The second-order valence-corrected chi connectivity index (χ2v) is 6.19. The second kappa shape index (κ2) is 8.29. The number of ether oxygens (including phenoxy) is 4. The molecule has 0 N–H and O–H groups in total. The molecule has 0 aromatic rings. The van der Waals surface area contributed by atoms with Gasteiger partial charge in [0.2, 0.25) is 0 Å². The molecule has 0 radical (unpaired) electrons. The monoisotopic (exact) mass is 330 g/mol. The average Bonchev–Trinajstić information content (AvgIpc) is 2.40. The van der Waals surface area contributed by atoms with Gasteiger partial charge in [0, 0.05) is 26.7 Å². The fourth-order valence-electron chi connectivity index (χ4n) is 2.90. The van der Waals surface area contributed by atoms with Gasteiger partial charge in [-0.1, -0.05) is 20.8 Å². The molecule has 7 nitrogen and oxygen atoms in total. The van der Waals surface area contributed by atoms with Gasteiger partial charge < -0.3 is 18.9 Å². The van der Waals surface area contributed by atoms with Gasteiger partial charge in [0.25, 0.3) is 0 Å². The molecule has 0 aliphatic carbocycles. The largest absolute Gasteiger partial charge is 0.463 e. The SMILES string of the molecule is CC(=O)OC[C@@H]1OC(C(C)C)[C@@H](C)[C@H](OC(C)=O)[C@H]1OC(C)=O. The van der Waals surface area contributed by atoms with Crippen molar-refractivity contribution < 1.29 is 33.3 Å². The van der Waals surface area contributed by atoms with E-state index in [1.54, 1.807) is 0 Å². The lowest BCUT2D eigenvalue weighted by Crippen LogP contribution is -2.59. The van der Waals surface area contributed by atoms with Crippen LogP contribution in [0.25, 0.3) is 0 Å². The Hall–Kier alpha value is -1.63. The first-order chi connectivity index (χ1) is 10.6. The molecule has 0 spiro atoms. The highest BCUT2D eigenvalue weighted by atomic mass is 16.6. The number of rotatable bonds is 5. The van der Waals surface area contributed by atoms with Crippen molar-refractivity contribution in [1.29, 1.82) is 0 Å². The van der Waals surface area contributed by atoms with Gasteiger partial charge in [0.05, 0.1) is 6.10 Å². The van der Waals surface area contributed by atoms with E-state index in [1.807, 2.05) is 20.8 Å². The Kier molecular flexibility index (Phi) is 7.00. The molecule has 7 heteroatoms. The maximum Gasteiger partial charge on any atom is 0.303 e. The highest BCUT2D eigenvalue weighted by Gasteiger charge is 2.48. The van der Waals surface area contributed by atoms with Crippen LogP contribution in [0.2, 0.25) is 0 Å². The van der Waals surface area contributed by atoms with Crippen LogP contribution in [0.15, 0.2) is 0 Å². The van der Waals surface area contributed by atoms with E-state index in [0.29, 0.717) is 0 Å². The van der Waals surface area contributed by atoms with Crippen molar-refractivity contribution in [3.63, 3.8) is 0 Å². The Morgan fingerprint density at radius 3 is 1.91 bits per heavy atom. The van der Waals surface area contributed by atoms with E-state index in [0.717, 1.165) is 0 Å². The highest BCUT2D eigenvalue weighted by molar-refractivity contribution is 5.67. The van der Waals surface area contributed by atoms with E-state index in [9.17, 15) is 14.4 Å². The maximum absolute atomic E-state index is 11.4. The van der Waals surface area contributed by atoms with Crippen molar-refractivity contribution in [2.24, 2.45) is 11.8 Å². The molecule has 5 atom stereocenters. The Morgan fingerprint density at radius 1 is 0.957 bits per heavy atom. The minimum absolute atomic E-state index is 0.0685. The summed E-state index contributed by atoms with van der Waals surface area (Å²) in [4.78, 5) is 34.0. The van der Waals surface area contributed by atoms with Crippen LogP contribution >= 0.6 is 0 Å². The first-order valence-electron chi connectivity index (χ1n) is 7.76. The summed E-state index contributed by atoms with van der Waals surface area (Å²) in [5, 5.41) is 0. The first kappa shape index (κ1) is 19.4. The molecule has 1 aliphatic heterocycles. The molecule has 1 unspecified atom stereocenters. The number of hydrogen-bond donors (Lipinski definition) is 0. The zero-order valence-electron chi connectivity index (χ0n) is 14.5. The van der Waals surface area contributed by atoms with Gasteiger partial charge in [-0.25, -0.2) is 0 Å². The Labute approximate surface area is 136 Å². The minimum Gasteiger partial charge on any atom is -0.463 e. The van der Waals surface area contributed by atoms with Crippen LogP contribution in [-0.4, -0.2) is 48.9 Å². The molecule has 1 rings (SSSR count). The molecule has 0 aromatic heterocycles. The standard InChI is InChI=1S/C16H26O7/c1-8(2)14-9(3)15(21-11(5)18)16(22-12(6)19)13(23-14)7-20-10(4)17/h8-9,13-16H,7H2,1-6H3/t9-,13+,14?,15+,16+/m1/s1. The second-order valence-electron chi connectivity index (χ2n) is 6.19. The van der Waals surface area contributed by atoms with Gasteiger partial charge in [-0.3, -0.25) is 14.4 Å². The van der Waals surface area contributed by atoms with E-state index in [-0.39, 0.29) is 24.5 Å². The molecular weight excluding hydrogens is 304 g/mol. The molecule has 0 amide bonds. The zero-order valence-corrected chi connectivity index (χ0v) is 14.5. The van der Waals surface area contributed by atoms with Gasteiger partial charge in [-0.05, 0) is 5.92 Å². The van der Waals surface area contributed by atoms with Crippen LogP contribution in [0, 0.1) is 11.8 Å². The van der Waals surface area contributed by atoms with E-state index in [4.69, 9.17) is 18.9 Å². The molecular formula is C16H26O7. The quantitative estimate of drug-likeness (QED) is 0.557. The predicted molar refractivity (Wildman–Crippen MR) is 80.4 cm³/mol. The van der Waals surface area contributed by atoms with E-state index >= 15 is 0 Å². The fraction of sp³-hybridized carbons (Fsp3) is 0.812. The molecule has 0 aromatic carbocycles. The van der Waals surface area contributed by atoms with Crippen LogP contribution in [0.4, 0.5) is 0 Å². The van der Waals surface area contributed by atoms with Crippen LogP contribution in [-0.2, 0) is 33.3 Å². The third-order valence-corrected chi connectivity index (χ3v) is 3.77. The molecule has 0 saturated carbocycles. The number of carbonyl (C=O) groups is 3. The summed E-state index contributed by atoms with van der Waals surface area (Å²) >= 11 is 0. The third kappa shape index (κ3) is 5.49. The van der Waals surface area contributed by atoms with Crippen molar-refractivity contribution in [3.05, 3.63) is 0 Å². The van der Waals surface area contributed by atoms with Gasteiger partial charge in [0.15, 0.2) is 6.10 Å². The van der Waals surface area contributed by atoms with Crippen LogP contribution in [0.1, 0.15) is 41.5 Å². The van der Waals surface area contributed by atoms with Gasteiger partial charge >= 0.3 is 17.9 Å². The third-order valence-electron chi connectivity index (χ3n) is 3.77. The van der Waals surface area contributed by atoms with Gasteiger partial charge in [0.1, 0.15) is 18.8 Å². The Balaban J connectivity index is 3.07. The van der Waals surface area contributed by atoms with Crippen molar-refractivity contribution >= 4 is 17.9 Å². The average molecular weight is 330 g/mol. The zero-order chi connectivity index (χ0) is 17.7. The molecule has 0 bridgehead atoms. The molecule has 1 saturated heterocycles. The highest BCUT2D eigenvalue weighted by Crippen LogP contribution is 2.34. The lowest BCUT2D eigenvalue weighted by molar-refractivity contribution is -0.237. The first-order valence-corrected chi connectivity index (χ1v) is 7.76. The molecule has 1 heterocycles. The number of esters is 3. The van der Waals surface area contributed by atoms with E-state index in [2.05, 4.69) is 0 Å². The summed E-state index contributed by atoms with van der Waals surface area (Å²) in [5.41, 5.74) is 0. The lowest BCUT2D eigenvalue weighted by Gasteiger charge is -2.45. The normalized spacial score (nSPS) is 30.7. The lowest BCUT2D eigenvalue weighted by atomic mass is 9.83. The van der Waals surface area contributed by atoms with Crippen molar-refractivity contribution in [1.82, 2.24) is 0 Å².